The van der Waals surface area contributed by atoms with E-state index in [1.165, 1.54) is 4.90 Å². The van der Waals surface area contributed by atoms with Crippen molar-refractivity contribution in [2.45, 2.75) is 64.7 Å². The van der Waals surface area contributed by atoms with E-state index < -0.39 is 83.7 Å². The van der Waals surface area contributed by atoms with Crippen LogP contribution in [0.15, 0.2) is 24.3 Å². The van der Waals surface area contributed by atoms with Gasteiger partial charge in [0.05, 0.1) is 17.5 Å². The number of ether oxygens (including phenoxy) is 3. The number of aliphatic hydroxyl groups is 1. The molecule has 2 aromatic carbocycles. The quantitative estimate of drug-likeness (QED) is 0.225. The number of hydrogen-bond donors (Lipinski definition) is 2. The molecule has 2 N–H and O–H groups in total. The molecule has 0 bridgehead atoms. The fourth-order valence-corrected chi connectivity index (χ4v) is 4.44. The molecule has 236 valence electrons. The number of hydrogen-bond acceptors (Lipinski definition) is 7. The molecular weight excluding hydrogens is 600 g/mol. The number of aryl methyl sites for hydroxylation is 1. The van der Waals surface area contributed by atoms with Crippen LogP contribution in [-0.2, 0) is 14.3 Å². The highest BCUT2D eigenvalue weighted by Crippen LogP contribution is 2.28. The summed E-state index contributed by atoms with van der Waals surface area (Å²) in [7, 11) is 0. The first-order chi connectivity index (χ1) is 20.1. The van der Waals surface area contributed by atoms with Crippen molar-refractivity contribution in [2.24, 2.45) is 5.92 Å². The second-order valence-electron chi connectivity index (χ2n) is 11.1. The number of carbonyl (C=O) groups excluding carboxylic acids is 3. The molecule has 0 radical (unpaired) electrons. The fourth-order valence-electron chi connectivity index (χ4n) is 4.28. The zero-order valence-corrected chi connectivity index (χ0v) is 24.8. The average Bonchev–Trinajstić information content (AvgIpc) is 2.92. The lowest BCUT2D eigenvalue weighted by Crippen LogP contribution is -2.51. The summed E-state index contributed by atoms with van der Waals surface area (Å²) in [6.45, 7) is 6.01. The third kappa shape index (κ3) is 9.45. The van der Waals surface area contributed by atoms with Crippen molar-refractivity contribution in [3.05, 3.63) is 58.1 Å². The predicted molar refractivity (Wildman–Crippen MR) is 147 cm³/mol. The van der Waals surface area contributed by atoms with Gasteiger partial charge in [-0.3, -0.25) is 9.59 Å². The smallest absolute Gasteiger partial charge is 0.415 e. The van der Waals surface area contributed by atoms with E-state index in [9.17, 15) is 37.1 Å². The summed E-state index contributed by atoms with van der Waals surface area (Å²) in [6.07, 6.45) is -2.52. The van der Waals surface area contributed by atoms with E-state index >= 15 is 0 Å². The minimum atomic E-state index is -1.81. The van der Waals surface area contributed by atoms with Gasteiger partial charge in [0, 0.05) is 25.1 Å². The zero-order valence-electron chi connectivity index (χ0n) is 24.0. The van der Waals surface area contributed by atoms with Crippen molar-refractivity contribution in [3.63, 3.8) is 0 Å². The summed E-state index contributed by atoms with van der Waals surface area (Å²) in [5.41, 5.74) is -0.0581. The van der Waals surface area contributed by atoms with Gasteiger partial charge in [-0.1, -0.05) is 17.7 Å². The Labute approximate surface area is 251 Å². The Morgan fingerprint density at radius 1 is 1.07 bits per heavy atom. The highest BCUT2D eigenvalue weighted by molar-refractivity contribution is 6.32. The number of nitrogens with zero attached hydrogens (tertiary/aromatic N) is 1. The summed E-state index contributed by atoms with van der Waals surface area (Å²) in [5.74, 6) is -10.2. The topological polar surface area (TPSA) is 114 Å². The molecule has 2 aromatic rings. The number of esters is 1. The van der Waals surface area contributed by atoms with E-state index in [0.717, 1.165) is 5.56 Å². The third-order valence-electron chi connectivity index (χ3n) is 6.48. The van der Waals surface area contributed by atoms with Crippen LogP contribution in [0.2, 0.25) is 5.02 Å². The lowest BCUT2D eigenvalue weighted by molar-refractivity contribution is -0.156. The Morgan fingerprint density at radius 3 is 2.26 bits per heavy atom. The van der Waals surface area contributed by atoms with Gasteiger partial charge in [-0.2, -0.15) is 8.78 Å². The molecule has 0 saturated carbocycles. The van der Waals surface area contributed by atoms with E-state index in [1.807, 2.05) is 6.92 Å². The molecule has 1 aliphatic rings. The van der Waals surface area contributed by atoms with Crippen LogP contribution in [0.4, 0.5) is 22.4 Å². The number of nitrogens with one attached hydrogen (secondary N) is 1. The maximum absolute atomic E-state index is 14.0. The highest BCUT2D eigenvalue weighted by atomic mass is 35.5. The van der Waals surface area contributed by atoms with Crippen LogP contribution in [0, 0.1) is 36.1 Å². The van der Waals surface area contributed by atoms with Crippen LogP contribution in [0.25, 0.3) is 0 Å². The second kappa shape index (κ2) is 14.3. The molecule has 0 spiro atoms. The molecule has 2 amide bonds. The third-order valence-corrected chi connectivity index (χ3v) is 6.79. The maximum atomic E-state index is 14.0. The number of halogens is 5. The first kappa shape index (κ1) is 33.9. The predicted octanol–water partition coefficient (Wildman–Crippen LogP) is 5.07. The minimum Gasteiger partial charge on any atom is -0.485 e. The van der Waals surface area contributed by atoms with Crippen LogP contribution >= 0.6 is 11.6 Å². The molecule has 0 aliphatic carbocycles. The van der Waals surface area contributed by atoms with Crippen molar-refractivity contribution < 1.29 is 51.3 Å². The summed E-state index contributed by atoms with van der Waals surface area (Å²) in [6, 6.07) is 3.63. The lowest BCUT2D eigenvalue weighted by atomic mass is 9.95. The molecule has 2 atom stereocenters. The minimum absolute atomic E-state index is 0.00221. The Bertz CT molecular complexity index is 1320. The number of benzene rings is 2. The molecular formula is C29H33ClF4N2O7. The summed E-state index contributed by atoms with van der Waals surface area (Å²) in [4.78, 5) is 39.7. The van der Waals surface area contributed by atoms with Crippen molar-refractivity contribution in [3.8, 4) is 11.5 Å². The van der Waals surface area contributed by atoms with Gasteiger partial charge in [0.2, 0.25) is 17.5 Å². The van der Waals surface area contributed by atoms with Gasteiger partial charge in [0.1, 0.15) is 18.3 Å². The van der Waals surface area contributed by atoms with Crippen LogP contribution in [0.1, 0.15) is 45.6 Å². The Morgan fingerprint density at radius 2 is 1.67 bits per heavy atom. The van der Waals surface area contributed by atoms with Crippen LogP contribution < -0.4 is 14.8 Å². The SMILES string of the molecule is Cc1ccc(Cl)c(OC(=O)N2CCC(C(=O)N[C@@H](CC(=O)OC(C)(C)C)C(O)COc3c(F)c(F)cc(F)c3F)CC2)c1. The molecule has 1 unspecified atom stereocenters. The first-order valence-corrected chi connectivity index (χ1v) is 13.8. The normalized spacial score (nSPS) is 15.4. The highest BCUT2D eigenvalue weighted by Gasteiger charge is 2.33. The number of likely N-dealkylation sites (tertiary alicyclic amines) is 1. The van der Waals surface area contributed by atoms with Crippen LogP contribution in [-0.4, -0.2) is 65.4 Å². The maximum Gasteiger partial charge on any atom is 0.415 e. The van der Waals surface area contributed by atoms with Gasteiger partial charge in [0.25, 0.3) is 0 Å². The largest absolute Gasteiger partial charge is 0.485 e. The molecule has 1 saturated heterocycles. The standard InChI is InChI=1S/C29H33ClF4N2O7/c1-15-5-6-17(30)22(11-15)42-28(40)36-9-7-16(8-10-36)27(39)35-20(13-23(38)43-29(2,3)4)21(37)14-41-26-24(33)18(31)12-19(32)25(26)34/h5-6,11-12,16,20-21,37H,7-10,13-14H2,1-4H3,(H,35,39)/t20-,21?/m0/s1. The number of piperidine rings is 1. The average molecular weight is 633 g/mol. The Kier molecular flexibility index (Phi) is 11.2. The van der Waals surface area contributed by atoms with Crippen molar-refractivity contribution in [1.82, 2.24) is 10.2 Å². The van der Waals surface area contributed by atoms with E-state index in [0.29, 0.717) is 0 Å². The summed E-state index contributed by atoms with van der Waals surface area (Å²) >= 11 is 6.09. The molecule has 1 fully saturated rings. The van der Waals surface area contributed by atoms with Crippen molar-refractivity contribution >= 4 is 29.6 Å². The van der Waals surface area contributed by atoms with Crippen molar-refractivity contribution in [2.75, 3.05) is 19.7 Å². The number of rotatable bonds is 9. The monoisotopic (exact) mass is 632 g/mol. The molecule has 9 nitrogen and oxygen atoms in total. The van der Waals surface area contributed by atoms with E-state index in [-0.39, 0.29) is 42.8 Å². The Balaban J connectivity index is 1.64. The van der Waals surface area contributed by atoms with Gasteiger partial charge in [-0.05, 0) is 58.2 Å². The van der Waals surface area contributed by atoms with Gasteiger partial charge in [0.15, 0.2) is 23.1 Å². The van der Waals surface area contributed by atoms with Gasteiger partial charge >= 0.3 is 12.1 Å². The van der Waals surface area contributed by atoms with E-state index in [2.05, 4.69) is 5.32 Å². The second-order valence-corrected chi connectivity index (χ2v) is 11.6. The number of carbonyl (C=O) groups is 3. The lowest BCUT2D eigenvalue weighted by Gasteiger charge is -2.32. The fraction of sp³-hybridized carbons (Fsp3) is 0.483. The summed E-state index contributed by atoms with van der Waals surface area (Å²) in [5, 5.41) is 13.5. The van der Waals surface area contributed by atoms with Crippen molar-refractivity contribution in [1.29, 1.82) is 0 Å². The molecule has 3 rings (SSSR count). The van der Waals surface area contributed by atoms with E-state index in [4.69, 9.17) is 25.8 Å². The van der Waals surface area contributed by atoms with Gasteiger partial charge in [-0.15, -0.1) is 0 Å². The Hall–Kier alpha value is -3.58. The zero-order chi connectivity index (χ0) is 32.1. The first-order valence-electron chi connectivity index (χ1n) is 13.4. The number of aliphatic hydroxyl groups excluding tert-OH is 1. The summed E-state index contributed by atoms with van der Waals surface area (Å²) < 4.78 is 70.6. The molecule has 1 heterocycles. The van der Waals surface area contributed by atoms with Gasteiger partial charge < -0.3 is 29.5 Å². The molecule has 0 aromatic heterocycles. The van der Waals surface area contributed by atoms with E-state index in [1.54, 1.807) is 39.0 Å². The molecule has 1 aliphatic heterocycles. The molecule has 43 heavy (non-hydrogen) atoms. The number of amides is 2. The van der Waals surface area contributed by atoms with Gasteiger partial charge in [-0.25, -0.2) is 13.6 Å². The van der Waals surface area contributed by atoms with Crippen LogP contribution in [0.5, 0.6) is 11.5 Å². The molecule has 14 heteroatoms. The van der Waals surface area contributed by atoms with Crippen LogP contribution in [0.3, 0.4) is 0 Å².